The first-order valence-electron chi connectivity index (χ1n) is 12.7. The maximum absolute atomic E-state index is 13.2. The number of benzene rings is 2. The molecule has 5 aromatic rings. The zero-order chi connectivity index (χ0) is 25.4. The van der Waals surface area contributed by atoms with Crippen LogP contribution >= 0.6 is 0 Å². The van der Waals surface area contributed by atoms with E-state index in [2.05, 4.69) is 14.9 Å². The van der Waals surface area contributed by atoms with Crippen molar-refractivity contribution in [3.63, 3.8) is 0 Å². The van der Waals surface area contributed by atoms with Gasteiger partial charge in [0.15, 0.2) is 0 Å². The summed E-state index contributed by atoms with van der Waals surface area (Å²) in [5.74, 6) is -0.689. The number of nitrogens with zero attached hydrogens (tertiary/aromatic N) is 2. The van der Waals surface area contributed by atoms with Gasteiger partial charge in [-0.15, -0.1) is 0 Å². The van der Waals surface area contributed by atoms with Gasteiger partial charge < -0.3 is 24.4 Å². The van der Waals surface area contributed by atoms with Gasteiger partial charge in [0.25, 0.3) is 5.91 Å². The number of rotatable bonds is 7. The van der Waals surface area contributed by atoms with Gasteiger partial charge in [0.2, 0.25) is 0 Å². The van der Waals surface area contributed by atoms with Crippen LogP contribution in [0.1, 0.15) is 54.1 Å². The lowest BCUT2D eigenvalue weighted by molar-refractivity contribution is -0.139. The molecule has 1 atom stereocenters. The molecular formula is C29H28N4O4. The van der Waals surface area contributed by atoms with Gasteiger partial charge in [-0.05, 0) is 48.7 Å². The SMILES string of the molecule is O=C(N[C@H](Cc1c[nH]c2ccccc12)C(=O)O)c1ccc2c(c1)nc(-c1ccoc1)n2C1CCCCC1. The largest absolute Gasteiger partial charge is 0.480 e. The standard InChI is InChI=1S/C29H28N4O4/c34-28(32-25(29(35)36)15-20-16-30-23-9-5-4-8-22(20)23)18-10-11-26-24(14-18)31-27(19-12-13-37-17-19)33(26)21-6-2-1-3-7-21/h4-5,8-14,16-17,21,25,30H,1-3,6-7,15H2,(H,32,34)(H,35,36)/t25-/m1/s1. The third-order valence-corrected chi connectivity index (χ3v) is 7.37. The number of H-pyrrole nitrogens is 1. The van der Waals surface area contributed by atoms with E-state index in [0.717, 1.165) is 46.2 Å². The van der Waals surface area contributed by atoms with Crippen molar-refractivity contribution < 1.29 is 19.1 Å². The molecule has 1 aliphatic carbocycles. The molecule has 8 heteroatoms. The summed E-state index contributed by atoms with van der Waals surface area (Å²) in [7, 11) is 0. The second-order valence-electron chi connectivity index (χ2n) is 9.74. The summed E-state index contributed by atoms with van der Waals surface area (Å²) in [6, 6.07) is 14.3. The molecule has 1 saturated carbocycles. The van der Waals surface area contributed by atoms with E-state index < -0.39 is 17.9 Å². The van der Waals surface area contributed by atoms with Crippen LogP contribution in [0.5, 0.6) is 0 Å². The van der Waals surface area contributed by atoms with Crippen molar-refractivity contribution in [3.8, 4) is 11.4 Å². The molecule has 6 rings (SSSR count). The number of aliphatic carboxylic acids is 1. The highest BCUT2D eigenvalue weighted by Crippen LogP contribution is 2.36. The van der Waals surface area contributed by atoms with Gasteiger partial charge in [-0.2, -0.15) is 0 Å². The van der Waals surface area contributed by atoms with Gasteiger partial charge in [-0.3, -0.25) is 4.79 Å². The molecule has 1 amide bonds. The number of para-hydroxylation sites is 1. The Hall–Kier alpha value is -4.33. The van der Waals surface area contributed by atoms with Crippen LogP contribution in [0, 0.1) is 0 Å². The molecule has 8 nitrogen and oxygen atoms in total. The van der Waals surface area contributed by atoms with Crippen LogP contribution < -0.4 is 5.32 Å². The van der Waals surface area contributed by atoms with Crippen LogP contribution in [0.4, 0.5) is 0 Å². The highest BCUT2D eigenvalue weighted by molar-refractivity contribution is 5.99. The van der Waals surface area contributed by atoms with Crippen molar-refractivity contribution in [2.24, 2.45) is 0 Å². The molecule has 0 aliphatic heterocycles. The van der Waals surface area contributed by atoms with Crippen LogP contribution in [0.15, 0.2) is 71.7 Å². The van der Waals surface area contributed by atoms with Crippen molar-refractivity contribution in [2.45, 2.75) is 50.6 Å². The lowest BCUT2D eigenvalue weighted by Gasteiger charge is -2.25. The summed E-state index contributed by atoms with van der Waals surface area (Å²) in [4.78, 5) is 33.3. The van der Waals surface area contributed by atoms with E-state index in [1.54, 1.807) is 30.9 Å². The summed E-state index contributed by atoms with van der Waals surface area (Å²) < 4.78 is 7.61. The summed E-state index contributed by atoms with van der Waals surface area (Å²) in [5.41, 5.74) is 4.73. The predicted octanol–water partition coefficient (Wildman–Crippen LogP) is 5.71. The number of carboxylic acid groups (broad SMARTS) is 1. The normalized spacial score (nSPS) is 15.2. The van der Waals surface area contributed by atoms with Crippen molar-refractivity contribution >= 4 is 33.8 Å². The Labute approximate surface area is 213 Å². The first-order chi connectivity index (χ1) is 18.1. The molecule has 0 saturated heterocycles. The van der Waals surface area contributed by atoms with Crippen LogP contribution in [0.2, 0.25) is 0 Å². The first-order valence-corrected chi connectivity index (χ1v) is 12.7. The number of nitrogens with one attached hydrogen (secondary N) is 2. The minimum atomic E-state index is -1.08. The molecule has 1 aliphatic rings. The number of furan rings is 1. The van der Waals surface area contributed by atoms with E-state index in [4.69, 9.17) is 9.40 Å². The number of aromatic nitrogens is 3. The minimum absolute atomic E-state index is 0.175. The molecule has 1 fully saturated rings. The number of carbonyl (C=O) groups is 2. The van der Waals surface area contributed by atoms with Gasteiger partial charge in [0.1, 0.15) is 18.1 Å². The monoisotopic (exact) mass is 496 g/mol. The molecular weight excluding hydrogens is 468 g/mol. The van der Waals surface area contributed by atoms with E-state index in [1.807, 2.05) is 36.4 Å². The number of aromatic amines is 1. The average Bonchev–Trinajstić information content (AvgIpc) is 3.67. The number of hydrogen-bond acceptors (Lipinski definition) is 4. The topological polar surface area (TPSA) is 113 Å². The van der Waals surface area contributed by atoms with E-state index in [1.165, 1.54) is 19.3 Å². The second kappa shape index (κ2) is 9.61. The smallest absolute Gasteiger partial charge is 0.326 e. The molecule has 3 N–H and O–H groups in total. The Bertz CT molecular complexity index is 1570. The molecule has 0 radical (unpaired) electrons. The van der Waals surface area contributed by atoms with Crippen molar-refractivity contribution in [2.75, 3.05) is 0 Å². The predicted molar refractivity (Wildman–Crippen MR) is 140 cm³/mol. The Morgan fingerprint density at radius 2 is 1.97 bits per heavy atom. The summed E-state index contributed by atoms with van der Waals surface area (Å²) in [5, 5.41) is 13.5. The third-order valence-electron chi connectivity index (χ3n) is 7.37. The molecule has 0 spiro atoms. The highest BCUT2D eigenvalue weighted by atomic mass is 16.4. The Kier molecular flexibility index (Phi) is 6.00. The number of amides is 1. The molecule has 0 unspecified atom stereocenters. The Morgan fingerprint density at radius 3 is 2.76 bits per heavy atom. The van der Waals surface area contributed by atoms with Crippen LogP contribution in [0.25, 0.3) is 33.3 Å². The number of carbonyl (C=O) groups excluding carboxylic acids is 1. The fourth-order valence-corrected chi connectivity index (χ4v) is 5.51. The minimum Gasteiger partial charge on any atom is -0.480 e. The lowest BCUT2D eigenvalue weighted by Crippen LogP contribution is -2.42. The summed E-state index contributed by atoms with van der Waals surface area (Å²) in [6.45, 7) is 0. The maximum atomic E-state index is 13.2. The third kappa shape index (κ3) is 4.39. The van der Waals surface area contributed by atoms with Crippen molar-refractivity contribution in [1.29, 1.82) is 0 Å². The van der Waals surface area contributed by atoms with E-state index in [-0.39, 0.29) is 6.42 Å². The number of fused-ring (bicyclic) bond motifs is 2. The first kappa shape index (κ1) is 23.1. The molecule has 0 bridgehead atoms. The van der Waals surface area contributed by atoms with Crippen LogP contribution in [0.3, 0.4) is 0 Å². The van der Waals surface area contributed by atoms with Crippen molar-refractivity contribution in [1.82, 2.24) is 19.9 Å². The quantitative estimate of drug-likeness (QED) is 0.267. The van der Waals surface area contributed by atoms with E-state index in [9.17, 15) is 14.7 Å². The lowest BCUT2D eigenvalue weighted by atomic mass is 9.95. The molecule has 3 aromatic heterocycles. The average molecular weight is 497 g/mol. The van der Waals surface area contributed by atoms with Gasteiger partial charge in [0, 0.05) is 35.1 Å². The highest BCUT2D eigenvalue weighted by Gasteiger charge is 2.25. The summed E-state index contributed by atoms with van der Waals surface area (Å²) in [6.07, 6.45) is 11.1. The zero-order valence-electron chi connectivity index (χ0n) is 20.3. The zero-order valence-corrected chi connectivity index (χ0v) is 20.3. The van der Waals surface area contributed by atoms with E-state index >= 15 is 0 Å². The molecule has 3 heterocycles. The van der Waals surface area contributed by atoms with Gasteiger partial charge in [-0.1, -0.05) is 37.5 Å². The fourth-order valence-electron chi connectivity index (χ4n) is 5.51. The van der Waals surface area contributed by atoms with Crippen molar-refractivity contribution in [3.05, 3.63) is 78.4 Å². The fraction of sp³-hybridized carbons (Fsp3) is 0.276. The van der Waals surface area contributed by atoms with Crippen LogP contribution in [-0.4, -0.2) is 37.6 Å². The molecule has 2 aromatic carbocycles. The van der Waals surface area contributed by atoms with Gasteiger partial charge in [-0.25, -0.2) is 9.78 Å². The van der Waals surface area contributed by atoms with Gasteiger partial charge in [0.05, 0.1) is 22.9 Å². The molecule has 37 heavy (non-hydrogen) atoms. The Balaban J connectivity index is 1.30. The number of hydrogen-bond donors (Lipinski definition) is 3. The summed E-state index contributed by atoms with van der Waals surface area (Å²) >= 11 is 0. The number of imidazole rings is 1. The van der Waals surface area contributed by atoms with E-state index in [0.29, 0.717) is 17.1 Å². The van der Waals surface area contributed by atoms with Gasteiger partial charge >= 0.3 is 5.97 Å². The molecule has 188 valence electrons. The number of carboxylic acids is 1. The second-order valence-corrected chi connectivity index (χ2v) is 9.74. The van der Waals surface area contributed by atoms with Crippen LogP contribution in [-0.2, 0) is 11.2 Å². The Morgan fingerprint density at radius 1 is 1.14 bits per heavy atom. The maximum Gasteiger partial charge on any atom is 0.326 e.